The third kappa shape index (κ3) is 4.03. The molecular formula is C14H22O. The Labute approximate surface area is 93.3 Å². The largest absolute Gasteiger partial charge is 0.294 e. The molecule has 0 aromatic heterocycles. The molecule has 0 atom stereocenters. The quantitative estimate of drug-likeness (QED) is 0.678. The van der Waals surface area contributed by atoms with Gasteiger partial charge in [-0.25, -0.2) is 0 Å². The van der Waals surface area contributed by atoms with E-state index in [9.17, 15) is 4.79 Å². The lowest BCUT2D eigenvalue weighted by atomic mass is 9.92. The molecule has 0 saturated carbocycles. The first-order valence-corrected chi connectivity index (χ1v) is 6.01. The van der Waals surface area contributed by atoms with Crippen LogP contribution < -0.4 is 0 Å². The van der Waals surface area contributed by atoms with E-state index in [4.69, 9.17) is 0 Å². The van der Waals surface area contributed by atoms with Crippen molar-refractivity contribution in [2.75, 3.05) is 0 Å². The van der Waals surface area contributed by atoms with Crippen LogP contribution in [0.2, 0.25) is 0 Å². The highest BCUT2D eigenvalue weighted by molar-refractivity contribution is 5.99. The zero-order chi connectivity index (χ0) is 11.3. The Morgan fingerprint density at radius 2 is 2.27 bits per heavy atom. The molecule has 0 bridgehead atoms. The van der Waals surface area contributed by atoms with Crippen LogP contribution in [0.5, 0.6) is 0 Å². The van der Waals surface area contributed by atoms with Crippen molar-refractivity contribution in [2.24, 2.45) is 5.92 Å². The van der Waals surface area contributed by atoms with Gasteiger partial charge in [-0.05, 0) is 44.1 Å². The van der Waals surface area contributed by atoms with Gasteiger partial charge in [-0.2, -0.15) is 0 Å². The zero-order valence-corrected chi connectivity index (χ0v) is 10.2. The Bertz CT molecular complexity index is 282. The van der Waals surface area contributed by atoms with Crippen LogP contribution in [0.25, 0.3) is 0 Å². The summed E-state index contributed by atoms with van der Waals surface area (Å²) in [5, 5.41) is 0. The van der Waals surface area contributed by atoms with E-state index < -0.39 is 0 Å². The minimum absolute atomic E-state index is 0.333. The number of ketones is 1. The van der Waals surface area contributed by atoms with Gasteiger partial charge in [-0.1, -0.05) is 26.0 Å². The fourth-order valence-electron chi connectivity index (χ4n) is 1.88. The minimum Gasteiger partial charge on any atom is -0.294 e. The molecule has 84 valence electrons. The van der Waals surface area contributed by atoms with Crippen molar-refractivity contribution in [1.82, 2.24) is 0 Å². The third-order valence-electron chi connectivity index (χ3n) is 2.88. The van der Waals surface area contributed by atoms with Gasteiger partial charge in [0.1, 0.15) is 0 Å². The zero-order valence-electron chi connectivity index (χ0n) is 10.2. The molecule has 0 amide bonds. The molecule has 0 fully saturated rings. The van der Waals surface area contributed by atoms with Crippen molar-refractivity contribution in [2.45, 2.75) is 52.9 Å². The highest BCUT2D eigenvalue weighted by Crippen LogP contribution is 2.21. The molecule has 0 heterocycles. The maximum atomic E-state index is 11.6. The Balaban J connectivity index is 2.54. The van der Waals surface area contributed by atoms with Gasteiger partial charge in [0.25, 0.3) is 0 Å². The van der Waals surface area contributed by atoms with Gasteiger partial charge < -0.3 is 0 Å². The summed E-state index contributed by atoms with van der Waals surface area (Å²) >= 11 is 0. The van der Waals surface area contributed by atoms with Gasteiger partial charge in [-0.3, -0.25) is 4.79 Å². The molecule has 0 aliphatic heterocycles. The summed E-state index contributed by atoms with van der Waals surface area (Å²) in [6.07, 6.45) is 9.45. The fourth-order valence-corrected chi connectivity index (χ4v) is 1.88. The van der Waals surface area contributed by atoms with E-state index in [-0.39, 0.29) is 0 Å². The van der Waals surface area contributed by atoms with E-state index >= 15 is 0 Å². The smallest absolute Gasteiger partial charge is 0.162 e. The van der Waals surface area contributed by atoms with E-state index in [1.165, 1.54) is 12.0 Å². The maximum Gasteiger partial charge on any atom is 0.162 e. The number of hydrogen-bond donors (Lipinski definition) is 0. The molecule has 1 nitrogen and oxygen atoms in total. The lowest BCUT2D eigenvalue weighted by Gasteiger charge is -2.12. The highest BCUT2D eigenvalue weighted by Gasteiger charge is 2.14. The molecule has 1 aliphatic carbocycles. The summed E-state index contributed by atoms with van der Waals surface area (Å²) < 4.78 is 0. The van der Waals surface area contributed by atoms with E-state index in [0.717, 1.165) is 37.2 Å². The molecule has 0 unspecified atom stereocenters. The number of carbonyl (C=O) groups is 1. The lowest BCUT2D eigenvalue weighted by molar-refractivity contribution is -0.115. The van der Waals surface area contributed by atoms with Crippen LogP contribution in [-0.2, 0) is 4.79 Å². The summed E-state index contributed by atoms with van der Waals surface area (Å²) in [6, 6.07) is 0. The second-order valence-electron chi connectivity index (χ2n) is 4.79. The Morgan fingerprint density at radius 1 is 1.53 bits per heavy atom. The molecule has 0 N–H and O–H groups in total. The van der Waals surface area contributed by atoms with E-state index in [1.54, 1.807) is 0 Å². The predicted octanol–water partition coefficient (Wildman–Crippen LogP) is 4.05. The third-order valence-corrected chi connectivity index (χ3v) is 2.88. The highest BCUT2D eigenvalue weighted by atomic mass is 16.1. The summed E-state index contributed by atoms with van der Waals surface area (Å²) in [7, 11) is 0. The Morgan fingerprint density at radius 3 is 2.87 bits per heavy atom. The average molecular weight is 206 g/mol. The van der Waals surface area contributed by atoms with Crippen molar-refractivity contribution in [3.63, 3.8) is 0 Å². The van der Waals surface area contributed by atoms with Gasteiger partial charge in [0, 0.05) is 12.0 Å². The first-order chi connectivity index (χ1) is 7.11. The topological polar surface area (TPSA) is 17.1 Å². The van der Waals surface area contributed by atoms with Crippen LogP contribution in [-0.4, -0.2) is 5.78 Å². The van der Waals surface area contributed by atoms with Gasteiger partial charge in [0.05, 0.1) is 0 Å². The average Bonchev–Trinajstić information content (AvgIpc) is 2.17. The van der Waals surface area contributed by atoms with Crippen LogP contribution >= 0.6 is 0 Å². The van der Waals surface area contributed by atoms with E-state index in [0.29, 0.717) is 5.78 Å². The SMILES string of the molecule is CC(=CCCC(C)C)C1=CCCCC1=O. The van der Waals surface area contributed by atoms with Gasteiger partial charge >= 0.3 is 0 Å². The normalized spacial score (nSPS) is 18.3. The molecule has 1 heteroatoms. The van der Waals surface area contributed by atoms with Crippen LogP contribution in [0.3, 0.4) is 0 Å². The maximum absolute atomic E-state index is 11.6. The first kappa shape index (κ1) is 12.2. The van der Waals surface area contributed by atoms with Gasteiger partial charge in [0.2, 0.25) is 0 Å². The van der Waals surface area contributed by atoms with Crippen LogP contribution in [0.4, 0.5) is 0 Å². The van der Waals surface area contributed by atoms with Crippen molar-refractivity contribution < 1.29 is 4.79 Å². The number of hydrogen-bond acceptors (Lipinski definition) is 1. The van der Waals surface area contributed by atoms with E-state index in [1.807, 2.05) is 0 Å². The summed E-state index contributed by atoms with van der Waals surface area (Å²) in [5.41, 5.74) is 2.16. The first-order valence-electron chi connectivity index (χ1n) is 6.01. The second-order valence-corrected chi connectivity index (χ2v) is 4.79. The summed E-state index contributed by atoms with van der Waals surface area (Å²) in [5.74, 6) is 1.07. The van der Waals surface area contributed by atoms with Crippen LogP contribution in [0.1, 0.15) is 52.9 Å². The molecule has 0 saturated heterocycles. The fraction of sp³-hybridized carbons (Fsp3) is 0.643. The predicted molar refractivity (Wildman–Crippen MR) is 64.8 cm³/mol. The van der Waals surface area contributed by atoms with Crippen molar-refractivity contribution >= 4 is 5.78 Å². The molecule has 0 radical (unpaired) electrons. The summed E-state index contributed by atoms with van der Waals surface area (Å²) in [6.45, 7) is 6.53. The molecule has 0 spiro atoms. The summed E-state index contributed by atoms with van der Waals surface area (Å²) in [4.78, 5) is 11.6. The minimum atomic E-state index is 0.333. The number of carbonyl (C=O) groups excluding carboxylic acids is 1. The molecular weight excluding hydrogens is 184 g/mol. The molecule has 15 heavy (non-hydrogen) atoms. The number of rotatable bonds is 4. The lowest BCUT2D eigenvalue weighted by Crippen LogP contribution is -2.07. The number of Topliss-reactive ketones (excluding diaryl/α,β-unsaturated/α-hetero) is 1. The Hall–Kier alpha value is -0.850. The number of allylic oxidation sites excluding steroid dienone is 4. The van der Waals surface area contributed by atoms with Crippen molar-refractivity contribution in [3.8, 4) is 0 Å². The Kier molecular flexibility index (Phi) is 4.80. The standard InChI is InChI=1S/C14H22O/c1-11(2)7-6-8-12(3)13-9-4-5-10-14(13)15/h8-9,11H,4-7,10H2,1-3H3. The molecule has 1 rings (SSSR count). The van der Waals surface area contributed by atoms with Crippen LogP contribution in [0.15, 0.2) is 23.3 Å². The van der Waals surface area contributed by atoms with Crippen LogP contribution in [0, 0.1) is 5.92 Å². The van der Waals surface area contributed by atoms with E-state index in [2.05, 4.69) is 32.9 Å². The van der Waals surface area contributed by atoms with Gasteiger partial charge in [-0.15, -0.1) is 0 Å². The van der Waals surface area contributed by atoms with Crippen molar-refractivity contribution in [3.05, 3.63) is 23.3 Å². The van der Waals surface area contributed by atoms with Gasteiger partial charge in [0.15, 0.2) is 5.78 Å². The molecule has 1 aliphatic rings. The monoisotopic (exact) mass is 206 g/mol. The molecule has 0 aromatic rings. The van der Waals surface area contributed by atoms with Crippen molar-refractivity contribution in [1.29, 1.82) is 0 Å². The molecule has 0 aromatic carbocycles. The second kappa shape index (κ2) is 5.89.